The second kappa shape index (κ2) is 6.57. The van der Waals surface area contributed by atoms with Crippen LogP contribution in [0.2, 0.25) is 0 Å². The second-order valence-corrected chi connectivity index (χ2v) is 5.76. The first-order valence-electron chi connectivity index (χ1n) is 6.30. The molecule has 0 heterocycles. The molecule has 1 atom stereocenters. The Labute approximate surface area is 127 Å². The number of hydrogen-bond donors (Lipinski definition) is 1. The molecule has 0 radical (unpaired) electrons. The zero-order valence-electron chi connectivity index (χ0n) is 11.4. The molecule has 2 aromatic carbocycles. The van der Waals surface area contributed by atoms with Gasteiger partial charge in [0.15, 0.2) is 0 Å². The smallest absolute Gasteiger partial charge is 0.255 e. The molecule has 0 fully saturated rings. The van der Waals surface area contributed by atoms with E-state index in [1.165, 1.54) is 0 Å². The first-order chi connectivity index (χ1) is 9.61. The van der Waals surface area contributed by atoms with Gasteiger partial charge in [-0.2, -0.15) is 0 Å². The Balaban J connectivity index is 2.19. The Bertz CT molecular complexity index is 594. The predicted molar refractivity (Wildman–Crippen MR) is 84.7 cm³/mol. The Morgan fingerprint density at radius 3 is 2.40 bits per heavy atom. The number of anilines is 1. The summed E-state index contributed by atoms with van der Waals surface area (Å²) in [6.07, 6.45) is 0. The maximum Gasteiger partial charge on any atom is 0.255 e. The summed E-state index contributed by atoms with van der Waals surface area (Å²) in [4.78, 5) is 12.4. The number of carbonyl (C=O) groups excluding carboxylic acids is 1. The van der Waals surface area contributed by atoms with Crippen LogP contribution < -0.4 is 10.1 Å². The van der Waals surface area contributed by atoms with Crippen LogP contribution in [0.15, 0.2) is 48.5 Å². The van der Waals surface area contributed by atoms with Crippen molar-refractivity contribution in [2.24, 2.45) is 0 Å². The highest BCUT2D eigenvalue weighted by Gasteiger charge is 2.11. The van der Waals surface area contributed by atoms with Crippen molar-refractivity contribution in [3.63, 3.8) is 0 Å². The van der Waals surface area contributed by atoms with Gasteiger partial charge >= 0.3 is 0 Å². The fourth-order valence-electron chi connectivity index (χ4n) is 1.89. The van der Waals surface area contributed by atoms with Gasteiger partial charge in [-0.1, -0.05) is 34.1 Å². The fraction of sp³-hybridized carbons (Fsp3) is 0.188. The molecule has 4 heteroatoms. The highest BCUT2D eigenvalue weighted by atomic mass is 79.9. The van der Waals surface area contributed by atoms with Crippen molar-refractivity contribution < 1.29 is 9.53 Å². The molecule has 2 rings (SSSR count). The van der Waals surface area contributed by atoms with Crippen molar-refractivity contribution in [2.75, 3.05) is 12.4 Å². The number of nitrogens with one attached hydrogen (secondary N) is 1. The third kappa shape index (κ3) is 3.39. The van der Waals surface area contributed by atoms with Crippen molar-refractivity contribution in [3.8, 4) is 5.75 Å². The van der Waals surface area contributed by atoms with Gasteiger partial charge < -0.3 is 10.1 Å². The van der Waals surface area contributed by atoms with Crippen LogP contribution in [-0.2, 0) is 0 Å². The average molecular weight is 334 g/mol. The molecule has 1 amide bonds. The van der Waals surface area contributed by atoms with E-state index in [1.54, 1.807) is 31.4 Å². The van der Waals surface area contributed by atoms with Crippen molar-refractivity contribution in [1.29, 1.82) is 0 Å². The Hall–Kier alpha value is -1.81. The number of methoxy groups -OCH3 is 1. The molecule has 0 aliphatic carbocycles. The minimum absolute atomic E-state index is 0.131. The molecular formula is C16H16BrNO2. The van der Waals surface area contributed by atoms with E-state index in [4.69, 9.17) is 4.74 Å². The van der Waals surface area contributed by atoms with Gasteiger partial charge in [0.25, 0.3) is 5.91 Å². The first-order valence-corrected chi connectivity index (χ1v) is 7.22. The predicted octanol–water partition coefficient (Wildman–Crippen LogP) is 4.40. The summed E-state index contributed by atoms with van der Waals surface area (Å²) in [5.41, 5.74) is 2.47. The number of para-hydroxylation sites is 1. The highest BCUT2D eigenvalue weighted by molar-refractivity contribution is 9.09. The number of benzene rings is 2. The second-order valence-electron chi connectivity index (χ2n) is 4.39. The molecule has 1 N–H and O–H groups in total. The first kappa shape index (κ1) is 14.6. The number of ether oxygens (including phenoxy) is 1. The summed E-state index contributed by atoms with van der Waals surface area (Å²) in [6, 6.07) is 14.8. The number of amides is 1. The number of rotatable bonds is 4. The Morgan fingerprint density at radius 1 is 1.15 bits per heavy atom. The number of halogens is 1. The van der Waals surface area contributed by atoms with E-state index in [1.807, 2.05) is 31.2 Å². The van der Waals surface area contributed by atoms with Crippen molar-refractivity contribution in [1.82, 2.24) is 0 Å². The van der Waals surface area contributed by atoms with Gasteiger partial charge in [-0.25, -0.2) is 0 Å². The van der Waals surface area contributed by atoms with Crippen LogP contribution in [0.1, 0.15) is 27.7 Å². The van der Waals surface area contributed by atoms with Gasteiger partial charge in [-0.15, -0.1) is 0 Å². The SMILES string of the molecule is COc1ccc(C(=O)Nc2ccccc2C(C)Br)cc1. The zero-order valence-corrected chi connectivity index (χ0v) is 13.0. The number of hydrogen-bond acceptors (Lipinski definition) is 2. The molecule has 1 unspecified atom stereocenters. The van der Waals surface area contributed by atoms with Gasteiger partial charge in [-0.05, 0) is 42.8 Å². The normalized spacial score (nSPS) is 11.8. The molecule has 0 aliphatic rings. The van der Waals surface area contributed by atoms with Crippen LogP contribution in [0.5, 0.6) is 5.75 Å². The van der Waals surface area contributed by atoms with Crippen molar-refractivity contribution in [3.05, 3.63) is 59.7 Å². The Morgan fingerprint density at radius 2 is 1.80 bits per heavy atom. The quantitative estimate of drug-likeness (QED) is 0.842. The molecule has 0 spiro atoms. The van der Waals surface area contributed by atoms with Crippen LogP contribution in [0, 0.1) is 0 Å². The van der Waals surface area contributed by atoms with Crippen molar-refractivity contribution >= 4 is 27.5 Å². The average Bonchev–Trinajstić information content (AvgIpc) is 2.47. The van der Waals surface area contributed by atoms with Crippen LogP contribution in [-0.4, -0.2) is 13.0 Å². The lowest BCUT2D eigenvalue weighted by molar-refractivity contribution is 0.102. The summed E-state index contributed by atoms with van der Waals surface area (Å²) in [7, 11) is 1.60. The number of carbonyl (C=O) groups is 1. The number of alkyl halides is 1. The lowest BCUT2D eigenvalue weighted by Gasteiger charge is -2.12. The lowest BCUT2D eigenvalue weighted by Crippen LogP contribution is -2.13. The van der Waals surface area contributed by atoms with Gasteiger partial charge in [-0.3, -0.25) is 4.79 Å². The van der Waals surface area contributed by atoms with Gasteiger partial charge in [0.2, 0.25) is 0 Å². The molecule has 3 nitrogen and oxygen atoms in total. The van der Waals surface area contributed by atoms with Crippen LogP contribution >= 0.6 is 15.9 Å². The van der Waals surface area contributed by atoms with E-state index in [0.29, 0.717) is 5.56 Å². The molecule has 0 aromatic heterocycles. The Kier molecular flexibility index (Phi) is 4.79. The van der Waals surface area contributed by atoms with E-state index in [9.17, 15) is 4.79 Å². The van der Waals surface area contributed by atoms with E-state index in [2.05, 4.69) is 21.2 Å². The molecule has 0 saturated heterocycles. The van der Waals surface area contributed by atoms with E-state index < -0.39 is 0 Å². The third-order valence-corrected chi connectivity index (χ3v) is 3.48. The third-order valence-electron chi connectivity index (χ3n) is 2.99. The van der Waals surface area contributed by atoms with E-state index in [0.717, 1.165) is 17.0 Å². The summed E-state index contributed by atoms with van der Waals surface area (Å²) >= 11 is 3.53. The molecule has 0 aliphatic heterocycles. The minimum atomic E-state index is -0.131. The standard InChI is InChI=1S/C16H16BrNO2/c1-11(17)14-5-3-4-6-15(14)18-16(19)12-7-9-13(20-2)10-8-12/h3-11H,1-2H3,(H,18,19). The summed E-state index contributed by atoms with van der Waals surface area (Å²) in [6.45, 7) is 2.03. The molecule has 0 bridgehead atoms. The largest absolute Gasteiger partial charge is 0.497 e. The lowest BCUT2D eigenvalue weighted by atomic mass is 10.1. The summed E-state index contributed by atoms with van der Waals surface area (Å²) < 4.78 is 5.08. The van der Waals surface area contributed by atoms with Gasteiger partial charge in [0.1, 0.15) is 5.75 Å². The molecule has 20 heavy (non-hydrogen) atoms. The van der Waals surface area contributed by atoms with Gasteiger partial charge in [0, 0.05) is 16.1 Å². The molecule has 0 saturated carbocycles. The van der Waals surface area contributed by atoms with Crippen LogP contribution in [0.3, 0.4) is 0 Å². The maximum absolute atomic E-state index is 12.2. The highest BCUT2D eigenvalue weighted by Crippen LogP contribution is 2.29. The van der Waals surface area contributed by atoms with E-state index >= 15 is 0 Å². The fourth-order valence-corrected chi connectivity index (χ4v) is 2.29. The molecule has 104 valence electrons. The van der Waals surface area contributed by atoms with Gasteiger partial charge in [0.05, 0.1) is 7.11 Å². The zero-order chi connectivity index (χ0) is 14.5. The monoisotopic (exact) mass is 333 g/mol. The van der Waals surface area contributed by atoms with Crippen LogP contribution in [0.4, 0.5) is 5.69 Å². The minimum Gasteiger partial charge on any atom is -0.497 e. The maximum atomic E-state index is 12.2. The molecule has 2 aromatic rings. The topological polar surface area (TPSA) is 38.3 Å². The van der Waals surface area contributed by atoms with Crippen molar-refractivity contribution in [2.45, 2.75) is 11.8 Å². The summed E-state index contributed by atoms with van der Waals surface area (Å²) in [5, 5.41) is 2.94. The van der Waals surface area contributed by atoms with Crippen LogP contribution in [0.25, 0.3) is 0 Å². The summed E-state index contributed by atoms with van der Waals surface area (Å²) in [5.74, 6) is 0.601. The van der Waals surface area contributed by atoms with E-state index in [-0.39, 0.29) is 10.7 Å². The molecular weight excluding hydrogens is 318 g/mol.